The van der Waals surface area contributed by atoms with E-state index in [9.17, 15) is 9.59 Å². The number of amides is 1. The summed E-state index contributed by atoms with van der Waals surface area (Å²) in [4.78, 5) is 25.6. The van der Waals surface area contributed by atoms with Gasteiger partial charge in [0.15, 0.2) is 6.10 Å². The van der Waals surface area contributed by atoms with E-state index in [4.69, 9.17) is 4.74 Å². The number of methoxy groups -OCH3 is 1. The fourth-order valence-corrected chi connectivity index (χ4v) is 3.01. The summed E-state index contributed by atoms with van der Waals surface area (Å²) in [6.45, 7) is 0.710. The summed E-state index contributed by atoms with van der Waals surface area (Å²) >= 11 is 0. The lowest BCUT2D eigenvalue weighted by Gasteiger charge is -2.47. The van der Waals surface area contributed by atoms with Gasteiger partial charge in [-0.05, 0) is 11.1 Å². The van der Waals surface area contributed by atoms with E-state index in [0.29, 0.717) is 13.2 Å². The number of likely N-dealkylation sites (tertiary alicyclic amines) is 1. The molecule has 5 nitrogen and oxygen atoms in total. The topological polar surface area (TPSA) is 55.8 Å². The molecule has 0 N–H and O–H groups in total. The van der Waals surface area contributed by atoms with E-state index in [-0.39, 0.29) is 24.3 Å². The molecule has 0 aliphatic carbocycles. The Morgan fingerprint density at radius 1 is 1.04 bits per heavy atom. The van der Waals surface area contributed by atoms with Gasteiger partial charge in [0.25, 0.3) is 5.91 Å². The predicted octanol–water partition coefficient (Wildman–Crippen LogP) is 2.72. The molecule has 0 aromatic heterocycles. The van der Waals surface area contributed by atoms with Crippen molar-refractivity contribution in [2.75, 3.05) is 13.7 Å². The van der Waals surface area contributed by atoms with Crippen LogP contribution >= 0.6 is 0 Å². The highest BCUT2D eigenvalue weighted by atomic mass is 16.5. The number of carbonyl (C=O) groups excluding carboxylic acids is 2. The fourth-order valence-electron chi connectivity index (χ4n) is 3.01. The average molecular weight is 339 g/mol. The van der Waals surface area contributed by atoms with Crippen molar-refractivity contribution in [2.45, 2.75) is 25.2 Å². The number of hydrogen-bond acceptors (Lipinski definition) is 4. The zero-order valence-corrected chi connectivity index (χ0v) is 14.1. The van der Waals surface area contributed by atoms with Crippen molar-refractivity contribution in [3.05, 3.63) is 71.8 Å². The van der Waals surface area contributed by atoms with Crippen molar-refractivity contribution in [2.24, 2.45) is 0 Å². The first-order valence-corrected chi connectivity index (χ1v) is 8.28. The standard InChI is InChI=1S/C20H21NO4/c1-24-17(22)12-13-21-18(16-10-6-3-7-11-16)19(20(21)23)25-14-15-8-4-2-5-9-15/h2-11,18-19H,12-14H2,1H3/t18-,19+/m0/s1. The van der Waals surface area contributed by atoms with Crippen molar-refractivity contribution in [3.8, 4) is 0 Å². The third-order valence-corrected chi connectivity index (χ3v) is 4.35. The van der Waals surface area contributed by atoms with Gasteiger partial charge >= 0.3 is 5.97 Å². The maximum Gasteiger partial charge on any atom is 0.307 e. The minimum Gasteiger partial charge on any atom is -0.469 e. The quantitative estimate of drug-likeness (QED) is 0.575. The zero-order valence-electron chi connectivity index (χ0n) is 14.1. The molecule has 3 rings (SSSR count). The summed E-state index contributed by atoms with van der Waals surface area (Å²) < 4.78 is 10.6. The summed E-state index contributed by atoms with van der Waals surface area (Å²) in [5.74, 6) is -0.415. The molecule has 5 heteroatoms. The molecule has 1 saturated heterocycles. The van der Waals surface area contributed by atoms with Crippen molar-refractivity contribution in [3.63, 3.8) is 0 Å². The minimum absolute atomic E-state index is 0.0892. The average Bonchev–Trinajstić information content (AvgIpc) is 2.67. The van der Waals surface area contributed by atoms with E-state index < -0.39 is 6.10 Å². The van der Waals surface area contributed by atoms with Gasteiger partial charge < -0.3 is 14.4 Å². The summed E-state index contributed by atoms with van der Waals surface area (Å²) in [5.41, 5.74) is 2.03. The van der Waals surface area contributed by atoms with Gasteiger partial charge in [0, 0.05) is 6.54 Å². The third-order valence-electron chi connectivity index (χ3n) is 4.35. The Hall–Kier alpha value is -2.66. The molecule has 1 aliphatic rings. The first-order valence-electron chi connectivity index (χ1n) is 8.28. The number of ether oxygens (including phenoxy) is 2. The van der Waals surface area contributed by atoms with E-state index in [1.165, 1.54) is 7.11 Å². The van der Waals surface area contributed by atoms with Crippen LogP contribution in [0.4, 0.5) is 0 Å². The van der Waals surface area contributed by atoms with Crippen molar-refractivity contribution < 1.29 is 19.1 Å². The molecule has 2 aromatic rings. The molecule has 0 unspecified atom stereocenters. The second-order valence-corrected chi connectivity index (χ2v) is 5.93. The predicted molar refractivity (Wildman–Crippen MR) is 92.5 cm³/mol. The Morgan fingerprint density at radius 2 is 1.68 bits per heavy atom. The Labute approximate surface area is 147 Å². The van der Waals surface area contributed by atoms with E-state index in [1.54, 1.807) is 4.90 Å². The second-order valence-electron chi connectivity index (χ2n) is 5.93. The first kappa shape index (κ1) is 17.2. The minimum atomic E-state index is -0.528. The number of nitrogens with zero attached hydrogens (tertiary/aromatic N) is 1. The Morgan fingerprint density at radius 3 is 2.32 bits per heavy atom. The lowest BCUT2D eigenvalue weighted by Crippen LogP contribution is -2.60. The molecule has 0 saturated carbocycles. The second kappa shape index (κ2) is 7.94. The lowest BCUT2D eigenvalue weighted by molar-refractivity contribution is -0.177. The largest absolute Gasteiger partial charge is 0.469 e. The SMILES string of the molecule is COC(=O)CCN1C(=O)[C@H](OCc2ccccc2)[C@@H]1c1ccccc1. The fraction of sp³-hybridized carbons (Fsp3) is 0.300. The molecule has 1 amide bonds. The van der Waals surface area contributed by atoms with Gasteiger partial charge in [0.1, 0.15) is 0 Å². The van der Waals surface area contributed by atoms with Crippen LogP contribution in [0.5, 0.6) is 0 Å². The van der Waals surface area contributed by atoms with Gasteiger partial charge in [-0.15, -0.1) is 0 Å². The maximum absolute atomic E-state index is 12.5. The molecule has 1 fully saturated rings. The van der Waals surface area contributed by atoms with Gasteiger partial charge in [-0.1, -0.05) is 60.7 Å². The van der Waals surface area contributed by atoms with Crippen LogP contribution in [-0.2, 0) is 25.7 Å². The van der Waals surface area contributed by atoms with Gasteiger partial charge in [0.05, 0.1) is 26.2 Å². The number of benzene rings is 2. The number of hydrogen-bond donors (Lipinski definition) is 0. The lowest BCUT2D eigenvalue weighted by atomic mass is 9.90. The molecule has 130 valence electrons. The molecule has 0 bridgehead atoms. The highest BCUT2D eigenvalue weighted by molar-refractivity contribution is 5.89. The third kappa shape index (κ3) is 3.88. The van der Waals surface area contributed by atoms with Gasteiger partial charge in [-0.25, -0.2) is 0 Å². The molecular formula is C20H21NO4. The highest BCUT2D eigenvalue weighted by Crippen LogP contribution is 2.37. The first-order chi connectivity index (χ1) is 12.2. The summed E-state index contributed by atoms with van der Waals surface area (Å²) in [6.07, 6.45) is -0.350. The van der Waals surface area contributed by atoms with E-state index in [0.717, 1.165) is 11.1 Å². The molecular weight excluding hydrogens is 318 g/mol. The maximum atomic E-state index is 12.5. The Balaban J connectivity index is 1.70. The van der Waals surface area contributed by atoms with E-state index >= 15 is 0 Å². The monoisotopic (exact) mass is 339 g/mol. The summed E-state index contributed by atoms with van der Waals surface area (Å²) in [7, 11) is 1.35. The van der Waals surface area contributed by atoms with Crippen LogP contribution in [0, 0.1) is 0 Å². The smallest absolute Gasteiger partial charge is 0.307 e. The molecule has 0 radical (unpaired) electrons. The molecule has 2 atom stereocenters. The summed E-state index contributed by atoms with van der Waals surface area (Å²) in [5, 5.41) is 0. The van der Waals surface area contributed by atoms with Crippen LogP contribution in [0.3, 0.4) is 0 Å². The van der Waals surface area contributed by atoms with E-state index in [1.807, 2.05) is 60.7 Å². The molecule has 1 heterocycles. The van der Waals surface area contributed by atoms with Gasteiger partial charge in [-0.2, -0.15) is 0 Å². The molecule has 0 spiro atoms. The number of β-lactam (4-membered cyclic amide) rings is 1. The Kier molecular flexibility index (Phi) is 5.46. The molecule has 25 heavy (non-hydrogen) atoms. The summed E-state index contributed by atoms with van der Waals surface area (Å²) in [6, 6.07) is 19.3. The molecule has 2 aromatic carbocycles. The normalized spacial score (nSPS) is 19.4. The van der Waals surface area contributed by atoms with Crippen molar-refractivity contribution in [1.29, 1.82) is 0 Å². The highest BCUT2D eigenvalue weighted by Gasteiger charge is 2.48. The number of carbonyl (C=O) groups is 2. The van der Waals surface area contributed by atoms with Crippen LogP contribution in [0.2, 0.25) is 0 Å². The van der Waals surface area contributed by atoms with Gasteiger partial charge in [-0.3, -0.25) is 9.59 Å². The van der Waals surface area contributed by atoms with Crippen molar-refractivity contribution in [1.82, 2.24) is 4.90 Å². The van der Waals surface area contributed by atoms with Crippen molar-refractivity contribution >= 4 is 11.9 Å². The van der Waals surface area contributed by atoms with Crippen LogP contribution in [0.25, 0.3) is 0 Å². The Bertz CT molecular complexity index is 717. The number of rotatable bonds is 7. The zero-order chi connectivity index (χ0) is 17.6. The van der Waals surface area contributed by atoms with Crippen LogP contribution < -0.4 is 0 Å². The van der Waals surface area contributed by atoms with Gasteiger partial charge in [0.2, 0.25) is 0 Å². The van der Waals surface area contributed by atoms with Crippen LogP contribution in [-0.4, -0.2) is 36.5 Å². The van der Waals surface area contributed by atoms with Crippen LogP contribution in [0.1, 0.15) is 23.6 Å². The number of esters is 1. The van der Waals surface area contributed by atoms with E-state index in [2.05, 4.69) is 4.74 Å². The molecule has 1 aliphatic heterocycles. The van der Waals surface area contributed by atoms with Crippen LogP contribution in [0.15, 0.2) is 60.7 Å².